The van der Waals surface area contributed by atoms with Crippen molar-refractivity contribution in [2.45, 2.75) is 72.6 Å². The Balaban J connectivity index is -0.000000112. The van der Waals surface area contributed by atoms with Gasteiger partial charge in [-0.05, 0) is 0 Å². The Morgan fingerprint density at radius 1 is 0.571 bits per heavy atom. The van der Waals surface area contributed by atoms with Gasteiger partial charge in [-0.15, -0.1) is 0 Å². The molecule has 0 heterocycles. The molecule has 0 radical (unpaired) electrons. The van der Waals surface area contributed by atoms with Gasteiger partial charge in [0.1, 0.15) is 0 Å². The van der Waals surface area contributed by atoms with Crippen molar-refractivity contribution in [2.24, 2.45) is 0 Å². The first-order valence-electron chi connectivity index (χ1n) is 6.48. The summed E-state index contributed by atoms with van der Waals surface area (Å²) in [5.41, 5.74) is 0. The van der Waals surface area contributed by atoms with Crippen molar-refractivity contribution in [1.29, 1.82) is 0 Å². The van der Waals surface area contributed by atoms with Gasteiger partial charge in [-0.25, -0.2) is 9.13 Å². The highest BCUT2D eigenvalue weighted by atomic mass is 31.2. The molecular weight excluding hydrogens is 322 g/mol. The van der Waals surface area contributed by atoms with Crippen LogP contribution in [0.1, 0.15) is 72.6 Å². The Hall–Kier alpha value is 0.220. The van der Waals surface area contributed by atoms with Crippen LogP contribution in [0.4, 0.5) is 0 Å². The fourth-order valence-corrected chi connectivity index (χ4v) is 1.21. The summed E-state index contributed by atoms with van der Waals surface area (Å²) in [6.45, 7) is 4.54. The second-order valence-corrected chi connectivity index (χ2v) is 6.20. The van der Waals surface area contributed by atoms with E-state index in [-0.39, 0.29) is 7.43 Å². The summed E-state index contributed by atoms with van der Waals surface area (Å²) in [5.74, 6) is 0. The molecule has 10 heteroatoms. The zero-order chi connectivity index (χ0) is 16.7. The van der Waals surface area contributed by atoms with Crippen LogP contribution >= 0.6 is 15.6 Å². The topological polar surface area (TPSA) is 156 Å². The highest BCUT2D eigenvalue weighted by molar-refractivity contribution is 7.45. The van der Waals surface area contributed by atoms with Crippen molar-refractivity contribution < 1.29 is 38.5 Å². The lowest BCUT2D eigenvalue weighted by Gasteiger charge is -1.97. The SMILES string of the molecule is C.CCCCCCCCCC.O=P(O)(O)O.O=P(O)(O)O. The molecule has 0 amide bonds. The molecule has 0 saturated heterocycles. The van der Waals surface area contributed by atoms with Crippen LogP contribution in [0.15, 0.2) is 0 Å². The minimum Gasteiger partial charge on any atom is -0.303 e. The molecule has 0 aromatic rings. The molecule has 0 aliphatic rings. The molecule has 0 bridgehead atoms. The first kappa shape index (κ1) is 29.3. The molecule has 0 aliphatic carbocycles. The zero-order valence-corrected chi connectivity index (χ0v) is 13.8. The quantitative estimate of drug-likeness (QED) is 0.301. The number of unbranched alkanes of at least 4 members (excludes halogenated alkanes) is 7. The normalized spacial score (nSPS) is 10.5. The Labute approximate surface area is 127 Å². The van der Waals surface area contributed by atoms with Crippen molar-refractivity contribution in [1.82, 2.24) is 0 Å². The third kappa shape index (κ3) is 129. The lowest BCUT2D eigenvalue weighted by atomic mass is 10.1. The van der Waals surface area contributed by atoms with Crippen LogP contribution in [0.5, 0.6) is 0 Å². The molecule has 0 aromatic heterocycles. The Morgan fingerprint density at radius 3 is 0.857 bits per heavy atom. The van der Waals surface area contributed by atoms with Crippen LogP contribution in [0.25, 0.3) is 0 Å². The summed E-state index contributed by atoms with van der Waals surface area (Å²) in [6, 6.07) is 0. The highest BCUT2D eigenvalue weighted by Gasteiger charge is 2.00. The molecule has 0 unspecified atom stereocenters. The molecule has 0 atom stereocenters. The van der Waals surface area contributed by atoms with E-state index in [0.29, 0.717) is 0 Å². The molecule has 8 nitrogen and oxygen atoms in total. The fourth-order valence-electron chi connectivity index (χ4n) is 1.21. The van der Waals surface area contributed by atoms with Crippen molar-refractivity contribution >= 4 is 15.6 Å². The smallest absolute Gasteiger partial charge is 0.303 e. The fraction of sp³-hybridized carbons (Fsp3) is 1.00. The standard InChI is InChI=1S/C10H22.CH4.2H3O4P/c1-3-5-7-9-10-8-6-4-2;;2*1-5(2,3)4/h3-10H2,1-2H3;1H4;2*(H3,1,2,3,4). The van der Waals surface area contributed by atoms with Crippen LogP contribution in [0, 0.1) is 0 Å². The average Bonchev–Trinajstić information content (AvgIpc) is 2.18. The second-order valence-electron chi connectivity index (χ2n) is 4.15. The summed E-state index contributed by atoms with van der Waals surface area (Å²) in [7, 11) is -9.28. The molecule has 134 valence electrons. The number of phosphoric acid groups is 2. The molecule has 0 rings (SSSR count). The molecule has 0 fully saturated rings. The van der Waals surface area contributed by atoms with Crippen LogP contribution in [0.2, 0.25) is 0 Å². The van der Waals surface area contributed by atoms with Crippen molar-refractivity contribution in [3.8, 4) is 0 Å². The van der Waals surface area contributed by atoms with E-state index >= 15 is 0 Å². The van der Waals surface area contributed by atoms with E-state index in [1.54, 1.807) is 0 Å². The van der Waals surface area contributed by atoms with Gasteiger partial charge in [0.15, 0.2) is 0 Å². The van der Waals surface area contributed by atoms with Gasteiger partial charge >= 0.3 is 15.6 Å². The Bertz CT molecular complexity index is 229. The van der Waals surface area contributed by atoms with Gasteiger partial charge in [0, 0.05) is 0 Å². The van der Waals surface area contributed by atoms with E-state index in [1.165, 1.54) is 51.4 Å². The van der Waals surface area contributed by atoms with Crippen LogP contribution in [-0.2, 0) is 9.13 Å². The lowest BCUT2D eigenvalue weighted by molar-refractivity contribution is 0.272. The van der Waals surface area contributed by atoms with Crippen molar-refractivity contribution in [3.05, 3.63) is 0 Å². The van der Waals surface area contributed by atoms with Gasteiger partial charge in [-0.1, -0.05) is 72.6 Å². The summed E-state index contributed by atoms with van der Waals surface area (Å²) in [6.07, 6.45) is 11.5. The minimum absolute atomic E-state index is 0. The Morgan fingerprint density at radius 2 is 0.714 bits per heavy atom. The maximum absolute atomic E-state index is 8.88. The van der Waals surface area contributed by atoms with Gasteiger partial charge < -0.3 is 29.4 Å². The maximum Gasteiger partial charge on any atom is 0.466 e. The van der Waals surface area contributed by atoms with Crippen molar-refractivity contribution in [3.63, 3.8) is 0 Å². The van der Waals surface area contributed by atoms with Gasteiger partial charge in [0.2, 0.25) is 0 Å². The first-order chi connectivity index (χ1) is 8.91. The van der Waals surface area contributed by atoms with Crippen LogP contribution in [-0.4, -0.2) is 29.4 Å². The third-order valence-corrected chi connectivity index (χ3v) is 1.96. The average molecular weight is 354 g/mol. The van der Waals surface area contributed by atoms with E-state index < -0.39 is 15.6 Å². The summed E-state index contributed by atoms with van der Waals surface area (Å²) in [4.78, 5) is 43.1. The third-order valence-electron chi connectivity index (χ3n) is 1.96. The molecular formula is C11H32O8P2. The van der Waals surface area contributed by atoms with E-state index in [9.17, 15) is 0 Å². The van der Waals surface area contributed by atoms with E-state index in [0.717, 1.165) is 0 Å². The van der Waals surface area contributed by atoms with Crippen LogP contribution in [0.3, 0.4) is 0 Å². The molecule has 0 aromatic carbocycles. The molecule has 21 heavy (non-hydrogen) atoms. The first-order valence-corrected chi connectivity index (χ1v) is 9.61. The van der Waals surface area contributed by atoms with E-state index in [4.69, 9.17) is 38.5 Å². The lowest BCUT2D eigenvalue weighted by Crippen LogP contribution is -1.77. The second kappa shape index (κ2) is 18.3. The molecule has 6 N–H and O–H groups in total. The van der Waals surface area contributed by atoms with Crippen LogP contribution < -0.4 is 0 Å². The monoisotopic (exact) mass is 354 g/mol. The molecule has 0 aliphatic heterocycles. The van der Waals surface area contributed by atoms with Crippen molar-refractivity contribution in [2.75, 3.05) is 0 Å². The molecule has 0 saturated carbocycles. The maximum atomic E-state index is 8.88. The summed E-state index contributed by atoms with van der Waals surface area (Å²) in [5, 5.41) is 0. The molecule has 0 spiro atoms. The number of hydrogen-bond acceptors (Lipinski definition) is 2. The van der Waals surface area contributed by atoms with Gasteiger partial charge in [-0.2, -0.15) is 0 Å². The van der Waals surface area contributed by atoms with E-state index in [1.807, 2.05) is 0 Å². The highest BCUT2D eigenvalue weighted by Crippen LogP contribution is 2.26. The van der Waals surface area contributed by atoms with E-state index in [2.05, 4.69) is 13.8 Å². The largest absolute Gasteiger partial charge is 0.466 e. The summed E-state index contributed by atoms with van der Waals surface area (Å²) < 4.78 is 17.8. The summed E-state index contributed by atoms with van der Waals surface area (Å²) >= 11 is 0. The predicted octanol–water partition coefficient (Wildman–Crippen LogP) is 2.93. The van der Waals surface area contributed by atoms with Gasteiger partial charge in [0.05, 0.1) is 0 Å². The zero-order valence-electron chi connectivity index (χ0n) is 12.1. The minimum atomic E-state index is -4.64. The van der Waals surface area contributed by atoms with Gasteiger partial charge in [0.25, 0.3) is 0 Å². The number of rotatable bonds is 7. The number of hydrogen-bond donors (Lipinski definition) is 6. The Kier molecular flexibility index (Phi) is 25.5. The van der Waals surface area contributed by atoms with Gasteiger partial charge in [-0.3, -0.25) is 0 Å². The predicted molar refractivity (Wildman–Crippen MR) is 83.5 cm³/mol.